The van der Waals surface area contributed by atoms with Crippen LogP contribution in [0.15, 0.2) is 41.7 Å². The van der Waals surface area contributed by atoms with E-state index in [2.05, 4.69) is 0 Å². The number of rotatable bonds is 4. The third-order valence-corrected chi connectivity index (χ3v) is 4.49. The van der Waals surface area contributed by atoms with Crippen molar-refractivity contribution in [3.8, 4) is 5.75 Å². The highest BCUT2D eigenvalue weighted by Gasteiger charge is 2.37. The van der Waals surface area contributed by atoms with Crippen LogP contribution in [0.5, 0.6) is 5.75 Å². The van der Waals surface area contributed by atoms with E-state index in [9.17, 15) is 4.79 Å². The number of allylic oxidation sites excluding steroid dienone is 2. The van der Waals surface area contributed by atoms with Gasteiger partial charge in [0.25, 0.3) is 0 Å². The molecule has 0 spiro atoms. The summed E-state index contributed by atoms with van der Waals surface area (Å²) < 4.78 is 16.8. The predicted octanol–water partition coefficient (Wildman–Crippen LogP) is 4.11. The van der Waals surface area contributed by atoms with Crippen molar-refractivity contribution >= 4 is 11.9 Å². The third-order valence-electron chi connectivity index (χ3n) is 4.49. The molecule has 1 aromatic rings. The third kappa shape index (κ3) is 3.70. The first-order valence-electron chi connectivity index (χ1n) is 8.39. The maximum absolute atomic E-state index is 12.7. The average molecular weight is 328 g/mol. The number of ether oxygens (including phenoxy) is 3. The molecular formula is C20H24O4. The Morgan fingerprint density at radius 1 is 1.29 bits per heavy atom. The van der Waals surface area contributed by atoms with Crippen LogP contribution in [0.25, 0.3) is 6.08 Å². The molecule has 4 heteroatoms. The van der Waals surface area contributed by atoms with Gasteiger partial charge in [-0.25, -0.2) is 0 Å². The van der Waals surface area contributed by atoms with Crippen LogP contribution >= 0.6 is 0 Å². The lowest BCUT2D eigenvalue weighted by Crippen LogP contribution is -2.38. The second-order valence-corrected chi connectivity index (χ2v) is 6.71. The summed E-state index contributed by atoms with van der Waals surface area (Å²) >= 11 is 0. The molecule has 128 valence electrons. The number of carbonyl (C=O) groups is 1. The summed E-state index contributed by atoms with van der Waals surface area (Å²) in [6.45, 7) is 4.34. The molecule has 1 heterocycles. The van der Waals surface area contributed by atoms with E-state index in [1.54, 1.807) is 13.2 Å². The Bertz CT molecular complexity index is 667. The lowest BCUT2D eigenvalue weighted by atomic mass is 9.85. The molecule has 1 aliphatic carbocycles. The maximum atomic E-state index is 12.7. The molecule has 0 aromatic heterocycles. The Hall–Kier alpha value is -2.07. The van der Waals surface area contributed by atoms with Gasteiger partial charge in [0, 0.05) is 13.8 Å². The van der Waals surface area contributed by atoms with Gasteiger partial charge in [0.15, 0.2) is 5.78 Å². The van der Waals surface area contributed by atoms with Crippen molar-refractivity contribution in [2.45, 2.75) is 38.9 Å². The van der Waals surface area contributed by atoms with E-state index in [1.807, 2.05) is 44.2 Å². The fourth-order valence-electron chi connectivity index (χ4n) is 3.14. The number of carbonyl (C=O) groups excluding carboxylic acids is 1. The van der Waals surface area contributed by atoms with Crippen molar-refractivity contribution in [1.82, 2.24) is 0 Å². The molecule has 0 saturated heterocycles. The number of hydrogen-bond acceptors (Lipinski definition) is 4. The molecule has 0 saturated carbocycles. The monoisotopic (exact) mass is 328 g/mol. The van der Waals surface area contributed by atoms with E-state index >= 15 is 0 Å². The zero-order chi connectivity index (χ0) is 17.2. The molecule has 0 radical (unpaired) electrons. The van der Waals surface area contributed by atoms with Gasteiger partial charge < -0.3 is 14.2 Å². The predicted molar refractivity (Wildman–Crippen MR) is 92.5 cm³/mol. The summed E-state index contributed by atoms with van der Waals surface area (Å²) in [7, 11) is 1.64. The number of ketones is 1. The summed E-state index contributed by atoms with van der Waals surface area (Å²) in [6.07, 6.45) is 6.30. The van der Waals surface area contributed by atoms with Crippen LogP contribution in [0, 0.1) is 5.92 Å². The summed E-state index contributed by atoms with van der Waals surface area (Å²) in [5.74, 6) is 0.886. The summed E-state index contributed by atoms with van der Waals surface area (Å²) in [4.78, 5) is 12.7. The maximum Gasteiger partial charge on any atom is 0.204 e. The van der Waals surface area contributed by atoms with Crippen molar-refractivity contribution in [3.63, 3.8) is 0 Å². The van der Waals surface area contributed by atoms with Gasteiger partial charge in [0.05, 0.1) is 19.6 Å². The number of hydrogen-bond donors (Lipinski definition) is 0. The highest BCUT2D eigenvalue weighted by atomic mass is 16.7. The van der Waals surface area contributed by atoms with Crippen molar-refractivity contribution in [2.24, 2.45) is 5.92 Å². The first kappa shape index (κ1) is 16.8. The fourth-order valence-corrected chi connectivity index (χ4v) is 3.14. The Morgan fingerprint density at radius 2 is 2.04 bits per heavy atom. The van der Waals surface area contributed by atoms with E-state index in [-0.39, 0.29) is 11.7 Å². The van der Waals surface area contributed by atoms with Gasteiger partial charge in [-0.15, -0.1) is 0 Å². The lowest BCUT2D eigenvalue weighted by molar-refractivity contribution is -0.208. The van der Waals surface area contributed by atoms with Gasteiger partial charge in [0.1, 0.15) is 11.5 Å². The smallest absolute Gasteiger partial charge is 0.204 e. The van der Waals surface area contributed by atoms with Crippen LogP contribution in [-0.4, -0.2) is 25.3 Å². The van der Waals surface area contributed by atoms with E-state index < -0.39 is 5.79 Å². The Morgan fingerprint density at radius 3 is 2.75 bits per heavy atom. The zero-order valence-electron chi connectivity index (χ0n) is 14.5. The largest absolute Gasteiger partial charge is 0.497 e. The molecule has 0 amide bonds. The standard InChI is InChI=1S/C20H24O4/c1-20(2)23-13-15-5-4-6-17(19(15)24-20)18(21)12-9-14-7-10-16(22-3)11-8-14/h7-12,17H,4-6,13H2,1-3H3/b12-9+. The van der Waals surface area contributed by atoms with Crippen molar-refractivity contribution < 1.29 is 19.0 Å². The van der Waals surface area contributed by atoms with E-state index in [1.165, 1.54) is 0 Å². The lowest BCUT2D eigenvalue weighted by Gasteiger charge is -2.39. The van der Waals surface area contributed by atoms with Gasteiger partial charge in [-0.1, -0.05) is 18.2 Å². The molecule has 1 aliphatic heterocycles. The average Bonchev–Trinajstić information content (AvgIpc) is 2.59. The minimum Gasteiger partial charge on any atom is -0.497 e. The van der Waals surface area contributed by atoms with Gasteiger partial charge in [-0.3, -0.25) is 4.79 Å². The van der Waals surface area contributed by atoms with Gasteiger partial charge >= 0.3 is 0 Å². The Balaban J connectivity index is 1.74. The van der Waals surface area contributed by atoms with Crippen LogP contribution in [0.1, 0.15) is 38.7 Å². The molecule has 1 unspecified atom stereocenters. The first-order chi connectivity index (χ1) is 11.5. The van der Waals surface area contributed by atoms with E-state index in [0.29, 0.717) is 6.61 Å². The first-order valence-corrected chi connectivity index (χ1v) is 8.39. The Labute approximate surface area is 143 Å². The zero-order valence-corrected chi connectivity index (χ0v) is 14.5. The topological polar surface area (TPSA) is 44.8 Å². The van der Waals surface area contributed by atoms with Crippen molar-refractivity contribution in [1.29, 1.82) is 0 Å². The quantitative estimate of drug-likeness (QED) is 0.780. The molecule has 0 fully saturated rings. The highest BCUT2D eigenvalue weighted by molar-refractivity contribution is 5.97. The van der Waals surface area contributed by atoms with E-state index in [0.717, 1.165) is 41.9 Å². The number of methoxy groups -OCH3 is 1. The minimum absolute atomic E-state index is 0.0933. The normalized spacial score (nSPS) is 22.9. The molecule has 1 atom stereocenters. The summed E-state index contributed by atoms with van der Waals surface area (Å²) in [6, 6.07) is 7.63. The van der Waals surface area contributed by atoms with Gasteiger partial charge in [-0.05, 0) is 48.6 Å². The highest BCUT2D eigenvalue weighted by Crippen LogP contribution is 2.38. The second-order valence-electron chi connectivity index (χ2n) is 6.71. The number of benzene rings is 1. The van der Waals surface area contributed by atoms with Crippen LogP contribution in [0.4, 0.5) is 0 Å². The molecule has 3 rings (SSSR count). The molecule has 2 aliphatic rings. The Kier molecular flexibility index (Phi) is 4.76. The second kappa shape index (κ2) is 6.81. The molecular weight excluding hydrogens is 304 g/mol. The summed E-state index contributed by atoms with van der Waals surface area (Å²) in [5.41, 5.74) is 2.11. The molecule has 0 bridgehead atoms. The summed E-state index contributed by atoms with van der Waals surface area (Å²) in [5, 5.41) is 0. The van der Waals surface area contributed by atoms with Crippen LogP contribution in [0.2, 0.25) is 0 Å². The SMILES string of the molecule is COc1ccc(/C=C/C(=O)C2CCCC3=C2OC(C)(C)OC3)cc1. The van der Waals surface area contributed by atoms with E-state index in [4.69, 9.17) is 14.2 Å². The molecule has 4 nitrogen and oxygen atoms in total. The molecule has 24 heavy (non-hydrogen) atoms. The van der Waals surface area contributed by atoms with Crippen LogP contribution in [-0.2, 0) is 14.3 Å². The van der Waals surface area contributed by atoms with Crippen LogP contribution in [0.3, 0.4) is 0 Å². The molecule has 1 aromatic carbocycles. The van der Waals surface area contributed by atoms with Gasteiger partial charge in [-0.2, -0.15) is 0 Å². The van der Waals surface area contributed by atoms with Crippen molar-refractivity contribution in [3.05, 3.63) is 47.2 Å². The van der Waals surface area contributed by atoms with Gasteiger partial charge in [0.2, 0.25) is 5.79 Å². The molecule has 0 N–H and O–H groups in total. The van der Waals surface area contributed by atoms with Crippen molar-refractivity contribution in [2.75, 3.05) is 13.7 Å². The fraction of sp³-hybridized carbons (Fsp3) is 0.450. The van der Waals surface area contributed by atoms with Crippen LogP contribution < -0.4 is 4.74 Å². The minimum atomic E-state index is -0.658.